The Morgan fingerprint density at radius 2 is 2.13 bits per heavy atom. The van der Waals surface area contributed by atoms with E-state index in [-0.39, 0.29) is 11.6 Å². The SMILES string of the molecule is O=c1[nH]c(O)c(/C=c2/cnn3/c(=N\c4ccn[nH]4)cc(Nc4cccc(Cl)c4)nc23)[nH]1. The molecule has 5 aromatic rings. The highest BCUT2D eigenvalue weighted by atomic mass is 35.5. The van der Waals surface area contributed by atoms with E-state index in [2.05, 4.69) is 40.6 Å². The van der Waals surface area contributed by atoms with Crippen LogP contribution < -0.4 is 21.7 Å². The van der Waals surface area contributed by atoms with Crippen molar-refractivity contribution in [3.05, 3.63) is 80.7 Å². The van der Waals surface area contributed by atoms with Gasteiger partial charge < -0.3 is 15.4 Å². The number of fused-ring (bicyclic) bond motifs is 1. The minimum atomic E-state index is -0.522. The van der Waals surface area contributed by atoms with Gasteiger partial charge in [-0.05, 0) is 24.3 Å². The summed E-state index contributed by atoms with van der Waals surface area (Å²) in [6, 6.07) is 10.7. The molecule has 0 fully saturated rings. The van der Waals surface area contributed by atoms with Gasteiger partial charge in [0.1, 0.15) is 17.3 Å². The molecule has 0 atom stereocenters. The Balaban J connectivity index is 1.72. The lowest BCUT2D eigenvalue weighted by Gasteiger charge is -2.06. The van der Waals surface area contributed by atoms with E-state index in [0.717, 1.165) is 5.69 Å². The highest BCUT2D eigenvalue weighted by Gasteiger charge is 2.09. The van der Waals surface area contributed by atoms with E-state index in [1.165, 1.54) is 4.52 Å². The van der Waals surface area contributed by atoms with Crippen LogP contribution in [0.5, 0.6) is 5.88 Å². The molecule has 5 rings (SSSR count). The lowest BCUT2D eigenvalue weighted by Crippen LogP contribution is -2.18. The molecule has 0 saturated heterocycles. The number of imidazole rings is 1. The number of hydrogen-bond acceptors (Lipinski definition) is 7. The first-order valence-corrected chi connectivity index (χ1v) is 9.41. The zero-order valence-electron chi connectivity index (χ0n) is 15.7. The minimum absolute atomic E-state index is 0.210. The Hall–Kier alpha value is -4.38. The predicted molar refractivity (Wildman–Crippen MR) is 113 cm³/mol. The number of aromatic hydroxyl groups is 1. The van der Waals surface area contributed by atoms with Gasteiger partial charge in [0, 0.05) is 28.1 Å². The molecule has 0 aliphatic rings. The molecule has 1 aromatic carbocycles. The number of benzene rings is 1. The fourth-order valence-electron chi connectivity index (χ4n) is 3.01. The van der Waals surface area contributed by atoms with Gasteiger partial charge in [0.2, 0.25) is 5.88 Å². The molecule has 154 valence electrons. The van der Waals surface area contributed by atoms with Crippen LogP contribution >= 0.6 is 11.6 Å². The van der Waals surface area contributed by atoms with Crippen molar-refractivity contribution in [3.63, 3.8) is 0 Å². The van der Waals surface area contributed by atoms with E-state index in [9.17, 15) is 9.90 Å². The molecule has 0 aliphatic heterocycles. The Bertz CT molecular complexity index is 1560. The quantitative estimate of drug-likeness (QED) is 0.287. The van der Waals surface area contributed by atoms with Crippen molar-refractivity contribution in [2.75, 3.05) is 5.32 Å². The van der Waals surface area contributed by atoms with E-state index in [1.807, 2.05) is 12.1 Å². The zero-order chi connectivity index (χ0) is 21.4. The zero-order valence-corrected chi connectivity index (χ0v) is 16.4. The molecule has 0 bridgehead atoms. The molecule has 0 radical (unpaired) electrons. The summed E-state index contributed by atoms with van der Waals surface area (Å²) >= 11 is 6.08. The third-order valence-electron chi connectivity index (χ3n) is 4.33. The summed E-state index contributed by atoms with van der Waals surface area (Å²) in [7, 11) is 0. The van der Waals surface area contributed by atoms with Crippen LogP contribution in [0.1, 0.15) is 5.69 Å². The Labute approximate surface area is 177 Å². The molecule has 11 nitrogen and oxygen atoms in total. The van der Waals surface area contributed by atoms with E-state index < -0.39 is 5.69 Å². The first-order chi connectivity index (χ1) is 15.0. The molecule has 0 unspecified atom stereocenters. The maximum atomic E-state index is 11.4. The second kappa shape index (κ2) is 7.46. The number of rotatable bonds is 4. The van der Waals surface area contributed by atoms with Crippen molar-refractivity contribution in [1.82, 2.24) is 34.8 Å². The normalized spacial score (nSPS) is 12.7. The van der Waals surface area contributed by atoms with Crippen molar-refractivity contribution in [3.8, 4) is 5.88 Å². The molecule has 4 aromatic heterocycles. The summed E-state index contributed by atoms with van der Waals surface area (Å²) in [5.74, 6) is 0.754. The molecule has 0 saturated carbocycles. The molecular weight excluding hydrogens is 422 g/mol. The number of aromatic nitrogens is 7. The van der Waals surface area contributed by atoms with Gasteiger partial charge in [0.25, 0.3) is 0 Å². The smallest absolute Gasteiger partial charge is 0.326 e. The number of hydrogen-bond donors (Lipinski definition) is 5. The van der Waals surface area contributed by atoms with Crippen molar-refractivity contribution in [2.24, 2.45) is 4.99 Å². The van der Waals surface area contributed by atoms with Crippen molar-refractivity contribution >= 4 is 40.6 Å². The highest BCUT2D eigenvalue weighted by Crippen LogP contribution is 2.18. The molecule has 4 heterocycles. The van der Waals surface area contributed by atoms with Gasteiger partial charge >= 0.3 is 5.69 Å². The van der Waals surface area contributed by atoms with Crippen LogP contribution in [0.4, 0.5) is 17.3 Å². The van der Waals surface area contributed by atoms with Crippen LogP contribution in [0.2, 0.25) is 5.02 Å². The van der Waals surface area contributed by atoms with E-state index in [4.69, 9.17) is 11.6 Å². The summed E-state index contributed by atoms with van der Waals surface area (Å²) in [6.07, 6.45) is 4.71. The minimum Gasteiger partial charge on any atom is -0.493 e. The van der Waals surface area contributed by atoms with Gasteiger partial charge in [-0.2, -0.15) is 14.7 Å². The largest absolute Gasteiger partial charge is 0.493 e. The van der Waals surface area contributed by atoms with Crippen LogP contribution in [-0.4, -0.2) is 39.9 Å². The summed E-state index contributed by atoms with van der Waals surface area (Å²) in [5, 5.41) is 25.3. The number of aromatic amines is 3. The lowest BCUT2D eigenvalue weighted by atomic mass is 10.3. The maximum absolute atomic E-state index is 11.4. The monoisotopic (exact) mass is 435 g/mol. The van der Waals surface area contributed by atoms with Gasteiger partial charge in [-0.15, -0.1) is 0 Å². The van der Waals surface area contributed by atoms with E-state index in [0.29, 0.717) is 33.0 Å². The van der Waals surface area contributed by atoms with Crippen LogP contribution in [0.15, 0.2) is 58.6 Å². The summed E-state index contributed by atoms with van der Waals surface area (Å²) in [4.78, 5) is 25.4. The van der Waals surface area contributed by atoms with Crippen LogP contribution in [0.3, 0.4) is 0 Å². The molecule has 0 spiro atoms. The topological polar surface area (TPSA) is 152 Å². The fourth-order valence-corrected chi connectivity index (χ4v) is 3.20. The van der Waals surface area contributed by atoms with Crippen molar-refractivity contribution in [1.29, 1.82) is 0 Å². The molecule has 5 N–H and O–H groups in total. The number of halogens is 1. The first-order valence-electron chi connectivity index (χ1n) is 9.04. The standard InChI is InChI=1S/C19H14ClN9O2/c20-11-2-1-3-12(7-11)23-15-8-16(25-14-4-5-21-28-14)29-17(26-15)10(9-22-29)6-13-18(30)27-19(31)24-13/h1-9,23,30H,(H,21,28)(H2,24,27,31)/b10-6-,25-16-. The third kappa shape index (κ3) is 3.76. The average Bonchev–Trinajstić information content (AvgIpc) is 3.44. The van der Waals surface area contributed by atoms with Crippen LogP contribution in [0.25, 0.3) is 11.7 Å². The molecular formula is C19H14ClN9O2. The fraction of sp³-hybridized carbons (Fsp3) is 0. The van der Waals surface area contributed by atoms with E-state index in [1.54, 1.807) is 42.7 Å². The average molecular weight is 436 g/mol. The molecule has 12 heteroatoms. The lowest BCUT2D eigenvalue weighted by molar-refractivity contribution is 0.454. The van der Waals surface area contributed by atoms with E-state index >= 15 is 0 Å². The number of nitrogens with one attached hydrogen (secondary N) is 4. The van der Waals surface area contributed by atoms with Crippen LogP contribution in [0, 0.1) is 0 Å². The number of H-pyrrole nitrogens is 3. The van der Waals surface area contributed by atoms with Gasteiger partial charge in [0.05, 0.1) is 12.4 Å². The number of nitrogens with zero attached hydrogens (tertiary/aromatic N) is 5. The van der Waals surface area contributed by atoms with Crippen molar-refractivity contribution in [2.45, 2.75) is 0 Å². The second-order valence-corrected chi connectivity index (χ2v) is 6.95. The first kappa shape index (κ1) is 18.6. The summed E-state index contributed by atoms with van der Waals surface area (Å²) in [5.41, 5.74) is 1.36. The number of anilines is 2. The highest BCUT2D eigenvalue weighted by molar-refractivity contribution is 6.30. The maximum Gasteiger partial charge on any atom is 0.326 e. The van der Waals surface area contributed by atoms with Gasteiger partial charge in [-0.1, -0.05) is 17.7 Å². The molecule has 0 amide bonds. The summed E-state index contributed by atoms with van der Waals surface area (Å²) < 4.78 is 1.54. The van der Waals surface area contributed by atoms with Gasteiger partial charge in [-0.25, -0.2) is 14.8 Å². The predicted octanol–water partition coefficient (Wildman–Crippen LogP) is 1.35. The Morgan fingerprint density at radius 3 is 2.87 bits per heavy atom. The van der Waals surface area contributed by atoms with Crippen molar-refractivity contribution < 1.29 is 5.11 Å². The summed E-state index contributed by atoms with van der Waals surface area (Å²) in [6.45, 7) is 0. The van der Waals surface area contributed by atoms with Gasteiger partial charge in [-0.3, -0.25) is 10.1 Å². The third-order valence-corrected chi connectivity index (χ3v) is 4.57. The Morgan fingerprint density at radius 1 is 1.23 bits per heavy atom. The Kier molecular flexibility index (Phi) is 4.49. The molecule has 31 heavy (non-hydrogen) atoms. The second-order valence-electron chi connectivity index (χ2n) is 6.51. The van der Waals surface area contributed by atoms with Crippen LogP contribution in [-0.2, 0) is 0 Å². The van der Waals surface area contributed by atoms with Gasteiger partial charge in [0.15, 0.2) is 11.1 Å². The molecule has 0 aliphatic carbocycles.